The molecule has 0 aromatic heterocycles. The van der Waals surface area contributed by atoms with E-state index in [9.17, 15) is 0 Å². The van der Waals surface area contributed by atoms with E-state index in [1.165, 1.54) is 0 Å². The number of nitrogens with two attached hydrogens (primary N) is 1. The number of hydrogen-bond acceptors (Lipinski definition) is 5. The SMILES string of the molecule is COc1ccc(OC)c(CCNC2(CN)COC2)c1. The van der Waals surface area contributed by atoms with Crippen LogP contribution in [0.15, 0.2) is 18.2 Å². The average molecular weight is 266 g/mol. The van der Waals surface area contributed by atoms with Gasteiger partial charge in [-0.3, -0.25) is 0 Å². The molecule has 3 N–H and O–H groups in total. The van der Waals surface area contributed by atoms with Crippen LogP contribution in [-0.4, -0.2) is 46.1 Å². The summed E-state index contributed by atoms with van der Waals surface area (Å²) in [5, 5.41) is 3.47. The highest BCUT2D eigenvalue weighted by molar-refractivity contribution is 5.40. The van der Waals surface area contributed by atoms with Gasteiger partial charge in [0.1, 0.15) is 11.5 Å². The van der Waals surface area contributed by atoms with Crippen LogP contribution in [0.4, 0.5) is 0 Å². The van der Waals surface area contributed by atoms with Crippen LogP contribution in [0.1, 0.15) is 5.56 Å². The predicted octanol–water partition coefficient (Wildman–Crippen LogP) is 0.564. The molecule has 1 aromatic carbocycles. The summed E-state index contributed by atoms with van der Waals surface area (Å²) in [6.07, 6.45) is 0.863. The van der Waals surface area contributed by atoms with Gasteiger partial charge in [-0.05, 0) is 30.2 Å². The zero-order valence-electron chi connectivity index (χ0n) is 11.6. The van der Waals surface area contributed by atoms with Gasteiger partial charge >= 0.3 is 0 Å². The standard InChI is InChI=1S/C14H22N2O3/c1-17-12-3-4-13(18-2)11(7-12)5-6-16-14(8-15)9-19-10-14/h3-4,7,16H,5-6,8-10,15H2,1-2H3. The number of rotatable bonds is 7. The lowest BCUT2D eigenvalue weighted by atomic mass is 9.97. The highest BCUT2D eigenvalue weighted by atomic mass is 16.5. The lowest BCUT2D eigenvalue weighted by Gasteiger charge is -2.41. The van der Waals surface area contributed by atoms with Crippen LogP contribution < -0.4 is 20.5 Å². The van der Waals surface area contributed by atoms with Crippen molar-refractivity contribution in [2.45, 2.75) is 12.0 Å². The van der Waals surface area contributed by atoms with Crippen molar-refractivity contribution in [3.05, 3.63) is 23.8 Å². The Labute approximate surface area is 114 Å². The van der Waals surface area contributed by atoms with Crippen LogP contribution in [-0.2, 0) is 11.2 Å². The second-order valence-electron chi connectivity index (χ2n) is 4.83. The first-order valence-electron chi connectivity index (χ1n) is 6.47. The molecule has 106 valence electrons. The van der Waals surface area contributed by atoms with Crippen molar-refractivity contribution in [2.75, 3.05) is 40.5 Å². The fourth-order valence-electron chi connectivity index (χ4n) is 2.18. The molecule has 1 heterocycles. The highest BCUT2D eigenvalue weighted by Gasteiger charge is 2.36. The molecule has 2 rings (SSSR count). The van der Waals surface area contributed by atoms with Crippen molar-refractivity contribution >= 4 is 0 Å². The largest absolute Gasteiger partial charge is 0.497 e. The fraction of sp³-hybridized carbons (Fsp3) is 0.571. The maximum Gasteiger partial charge on any atom is 0.122 e. The van der Waals surface area contributed by atoms with E-state index >= 15 is 0 Å². The van der Waals surface area contributed by atoms with Gasteiger partial charge in [-0.25, -0.2) is 0 Å². The second-order valence-corrected chi connectivity index (χ2v) is 4.83. The van der Waals surface area contributed by atoms with E-state index in [-0.39, 0.29) is 5.54 Å². The molecule has 1 aliphatic rings. The maximum absolute atomic E-state index is 5.76. The summed E-state index contributed by atoms with van der Waals surface area (Å²) >= 11 is 0. The Kier molecular flexibility index (Phi) is 4.63. The third kappa shape index (κ3) is 3.18. The van der Waals surface area contributed by atoms with Crippen molar-refractivity contribution in [1.82, 2.24) is 5.32 Å². The monoisotopic (exact) mass is 266 g/mol. The van der Waals surface area contributed by atoms with E-state index in [2.05, 4.69) is 5.32 Å². The van der Waals surface area contributed by atoms with Crippen LogP contribution in [0.3, 0.4) is 0 Å². The summed E-state index contributed by atoms with van der Waals surface area (Å²) in [6, 6.07) is 5.84. The van der Waals surface area contributed by atoms with E-state index in [1.807, 2.05) is 18.2 Å². The molecule has 1 aromatic rings. The maximum atomic E-state index is 5.76. The summed E-state index contributed by atoms with van der Waals surface area (Å²) in [6.45, 7) is 2.82. The van der Waals surface area contributed by atoms with Crippen LogP contribution in [0.5, 0.6) is 11.5 Å². The minimum Gasteiger partial charge on any atom is -0.497 e. The summed E-state index contributed by atoms with van der Waals surface area (Å²) < 4.78 is 15.8. The normalized spacial score (nSPS) is 16.8. The quantitative estimate of drug-likeness (QED) is 0.755. The molecule has 0 aliphatic carbocycles. The molecular weight excluding hydrogens is 244 g/mol. The third-order valence-electron chi connectivity index (χ3n) is 3.53. The fourth-order valence-corrected chi connectivity index (χ4v) is 2.18. The number of benzene rings is 1. The molecular formula is C14H22N2O3. The van der Waals surface area contributed by atoms with Gasteiger partial charge in [0.2, 0.25) is 0 Å². The van der Waals surface area contributed by atoms with Crippen molar-refractivity contribution in [1.29, 1.82) is 0 Å². The Hall–Kier alpha value is -1.30. The lowest BCUT2D eigenvalue weighted by Crippen LogP contribution is -2.65. The summed E-state index contributed by atoms with van der Waals surface area (Å²) in [5.41, 5.74) is 6.85. The molecule has 0 atom stereocenters. The van der Waals surface area contributed by atoms with Crippen molar-refractivity contribution < 1.29 is 14.2 Å². The first kappa shape index (κ1) is 14.1. The predicted molar refractivity (Wildman–Crippen MR) is 73.9 cm³/mol. The molecule has 1 saturated heterocycles. The van der Waals surface area contributed by atoms with E-state index in [0.717, 1.165) is 30.0 Å². The van der Waals surface area contributed by atoms with E-state index in [4.69, 9.17) is 19.9 Å². The molecule has 0 bridgehead atoms. The molecule has 0 spiro atoms. The van der Waals surface area contributed by atoms with Gasteiger partial charge in [0.25, 0.3) is 0 Å². The Morgan fingerprint density at radius 3 is 2.63 bits per heavy atom. The van der Waals surface area contributed by atoms with Crippen molar-refractivity contribution in [3.63, 3.8) is 0 Å². The zero-order valence-corrected chi connectivity index (χ0v) is 11.6. The molecule has 0 amide bonds. The highest BCUT2D eigenvalue weighted by Crippen LogP contribution is 2.24. The Bertz CT molecular complexity index is 414. The Balaban J connectivity index is 1.94. The molecule has 0 unspecified atom stereocenters. The zero-order chi connectivity index (χ0) is 13.7. The Morgan fingerprint density at radius 2 is 2.11 bits per heavy atom. The number of nitrogens with one attached hydrogen (secondary N) is 1. The average Bonchev–Trinajstić information content (AvgIpc) is 2.41. The van der Waals surface area contributed by atoms with Gasteiger partial charge in [-0.1, -0.05) is 0 Å². The first-order valence-corrected chi connectivity index (χ1v) is 6.47. The molecule has 1 aliphatic heterocycles. The number of ether oxygens (including phenoxy) is 3. The van der Waals surface area contributed by atoms with E-state index in [0.29, 0.717) is 19.8 Å². The molecule has 19 heavy (non-hydrogen) atoms. The van der Waals surface area contributed by atoms with Gasteiger partial charge in [-0.15, -0.1) is 0 Å². The Morgan fingerprint density at radius 1 is 1.32 bits per heavy atom. The smallest absolute Gasteiger partial charge is 0.122 e. The van der Waals surface area contributed by atoms with Crippen molar-refractivity contribution in [3.8, 4) is 11.5 Å². The van der Waals surface area contributed by atoms with Crippen LogP contribution in [0, 0.1) is 0 Å². The van der Waals surface area contributed by atoms with Crippen molar-refractivity contribution in [2.24, 2.45) is 5.73 Å². The first-order chi connectivity index (χ1) is 9.23. The summed E-state index contributed by atoms with van der Waals surface area (Å²) in [7, 11) is 3.35. The third-order valence-corrected chi connectivity index (χ3v) is 3.53. The number of methoxy groups -OCH3 is 2. The summed E-state index contributed by atoms with van der Waals surface area (Å²) in [5.74, 6) is 1.73. The van der Waals surface area contributed by atoms with Gasteiger partial charge in [0.05, 0.1) is 33.0 Å². The second kappa shape index (κ2) is 6.23. The van der Waals surface area contributed by atoms with Gasteiger partial charge in [0, 0.05) is 13.1 Å². The summed E-state index contributed by atoms with van der Waals surface area (Å²) in [4.78, 5) is 0. The molecule has 0 saturated carbocycles. The minimum atomic E-state index is -0.0356. The lowest BCUT2D eigenvalue weighted by molar-refractivity contribution is -0.0686. The van der Waals surface area contributed by atoms with E-state index < -0.39 is 0 Å². The van der Waals surface area contributed by atoms with Gasteiger partial charge in [0.15, 0.2) is 0 Å². The molecule has 5 nitrogen and oxygen atoms in total. The van der Waals surface area contributed by atoms with Crippen LogP contribution in [0.25, 0.3) is 0 Å². The number of hydrogen-bond donors (Lipinski definition) is 2. The molecule has 0 radical (unpaired) electrons. The van der Waals surface area contributed by atoms with Gasteiger partial charge in [-0.2, -0.15) is 0 Å². The minimum absolute atomic E-state index is 0.0356. The van der Waals surface area contributed by atoms with Crippen LogP contribution in [0.2, 0.25) is 0 Å². The van der Waals surface area contributed by atoms with Crippen LogP contribution >= 0.6 is 0 Å². The van der Waals surface area contributed by atoms with Gasteiger partial charge < -0.3 is 25.3 Å². The molecule has 1 fully saturated rings. The van der Waals surface area contributed by atoms with E-state index in [1.54, 1.807) is 14.2 Å². The molecule has 5 heteroatoms. The topological polar surface area (TPSA) is 65.7 Å².